The van der Waals surface area contributed by atoms with Gasteiger partial charge in [-0.2, -0.15) is 0 Å². The third-order valence-electron chi connectivity index (χ3n) is 4.09. The van der Waals surface area contributed by atoms with Crippen molar-refractivity contribution >= 4 is 10.0 Å². The van der Waals surface area contributed by atoms with E-state index in [1.165, 1.54) is 6.42 Å². The average molecular weight is 297 g/mol. The molecule has 1 aliphatic carbocycles. The summed E-state index contributed by atoms with van der Waals surface area (Å²) in [6.45, 7) is 3.76. The first-order valence-corrected chi connectivity index (χ1v) is 8.69. The van der Waals surface area contributed by atoms with Crippen LogP contribution < -0.4 is 4.72 Å². The van der Waals surface area contributed by atoms with Crippen molar-refractivity contribution in [3.63, 3.8) is 0 Å². The molecule has 5 heteroatoms. The van der Waals surface area contributed by atoms with Crippen LogP contribution in [0.5, 0.6) is 0 Å². The standard InChI is InChI=1S/C15H23NO3S/c1-11-5-3-4-6-15(11)16-20(18,19)14-9-7-13(8-10-14)12(2)17/h7-12,15-17H,3-6H2,1-2H3. The molecule has 0 aliphatic heterocycles. The van der Waals surface area contributed by atoms with Gasteiger partial charge in [-0.1, -0.05) is 31.9 Å². The summed E-state index contributed by atoms with van der Waals surface area (Å²) >= 11 is 0. The van der Waals surface area contributed by atoms with Gasteiger partial charge >= 0.3 is 0 Å². The lowest BCUT2D eigenvalue weighted by atomic mass is 9.87. The van der Waals surface area contributed by atoms with Gasteiger partial charge in [-0.15, -0.1) is 0 Å². The van der Waals surface area contributed by atoms with Crippen molar-refractivity contribution < 1.29 is 13.5 Å². The quantitative estimate of drug-likeness (QED) is 0.897. The number of aliphatic hydroxyl groups excluding tert-OH is 1. The second kappa shape index (κ2) is 6.24. The third-order valence-corrected chi connectivity index (χ3v) is 5.60. The van der Waals surface area contributed by atoms with Crippen LogP contribution in [0.1, 0.15) is 51.2 Å². The summed E-state index contributed by atoms with van der Waals surface area (Å²) in [6.07, 6.45) is 3.67. The maximum absolute atomic E-state index is 12.4. The first-order valence-electron chi connectivity index (χ1n) is 7.20. The summed E-state index contributed by atoms with van der Waals surface area (Å²) in [5.74, 6) is 0.385. The summed E-state index contributed by atoms with van der Waals surface area (Å²) < 4.78 is 27.5. The first-order chi connectivity index (χ1) is 9.40. The van der Waals surface area contributed by atoms with Crippen molar-refractivity contribution in [2.75, 3.05) is 0 Å². The summed E-state index contributed by atoms with van der Waals surface area (Å²) in [7, 11) is -3.47. The minimum Gasteiger partial charge on any atom is -0.389 e. The van der Waals surface area contributed by atoms with Gasteiger partial charge in [-0.25, -0.2) is 13.1 Å². The number of hydrogen-bond acceptors (Lipinski definition) is 3. The Labute approximate surface area is 121 Å². The van der Waals surface area contributed by atoms with E-state index >= 15 is 0 Å². The Morgan fingerprint density at radius 1 is 1.20 bits per heavy atom. The van der Waals surface area contributed by atoms with Gasteiger partial charge in [0, 0.05) is 6.04 Å². The number of hydrogen-bond donors (Lipinski definition) is 2. The molecular weight excluding hydrogens is 274 g/mol. The molecule has 0 amide bonds. The molecule has 0 radical (unpaired) electrons. The number of rotatable bonds is 4. The fourth-order valence-corrected chi connectivity index (χ4v) is 4.06. The van der Waals surface area contributed by atoms with Crippen molar-refractivity contribution in [3.05, 3.63) is 29.8 Å². The van der Waals surface area contributed by atoms with E-state index < -0.39 is 16.1 Å². The second-order valence-electron chi connectivity index (χ2n) is 5.73. The molecule has 3 atom stereocenters. The Morgan fingerprint density at radius 3 is 2.35 bits per heavy atom. The fourth-order valence-electron chi connectivity index (χ4n) is 2.68. The predicted octanol–water partition coefficient (Wildman–Crippen LogP) is 2.60. The van der Waals surface area contributed by atoms with E-state index in [-0.39, 0.29) is 10.9 Å². The Balaban J connectivity index is 2.13. The zero-order chi connectivity index (χ0) is 14.8. The highest BCUT2D eigenvalue weighted by atomic mass is 32.2. The van der Waals surface area contributed by atoms with Crippen LogP contribution in [0, 0.1) is 5.92 Å². The van der Waals surface area contributed by atoms with Crippen molar-refractivity contribution in [1.82, 2.24) is 4.72 Å². The van der Waals surface area contributed by atoms with Crippen LogP contribution >= 0.6 is 0 Å². The van der Waals surface area contributed by atoms with Gasteiger partial charge in [-0.3, -0.25) is 0 Å². The van der Waals surface area contributed by atoms with Crippen LogP contribution in [0.2, 0.25) is 0 Å². The Kier molecular flexibility index (Phi) is 4.83. The summed E-state index contributed by atoms with van der Waals surface area (Å²) in [5.41, 5.74) is 0.718. The number of nitrogens with one attached hydrogen (secondary N) is 1. The summed E-state index contributed by atoms with van der Waals surface area (Å²) in [4.78, 5) is 0.264. The molecule has 20 heavy (non-hydrogen) atoms. The number of benzene rings is 1. The third kappa shape index (κ3) is 3.59. The molecule has 0 spiro atoms. The van der Waals surface area contributed by atoms with E-state index in [1.54, 1.807) is 31.2 Å². The van der Waals surface area contributed by atoms with Gasteiger partial charge in [-0.05, 0) is 43.4 Å². The van der Waals surface area contributed by atoms with E-state index in [2.05, 4.69) is 11.6 Å². The van der Waals surface area contributed by atoms with Crippen molar-refractivity contribution in [2.45, 2.75) is 56.6 Å². The normalized spacial score (nSPS) is 25.4. The molecule has 1 aromatic carbocycles. The minimum absolute atomic E-state index is 0.0326. The SMILES string of the molecule is CC(O)c1ccc(S(=O)(=O)NC2CCCCC2C)cc1. The molecule has 0 bridgehead atoms. The van der Waals surface area contributed by atoms with E-state index in [0.717, 1.165) is 24.8 Å². The number of aliphatic hydroxyl groups is 1. The van der Waals surface area contributed by atoms with E-state index in [1.807, 2.05) is 0 Å². The van der Waals surface area contributed by atoms with Gasteiger partial charge < -0.3 is 5.11 Å². The minimum atomic E-state index is -3.47. The molecule has 4 nitrogen and oxygen atoms in total. The molecule has 2 N–H and O–H groups in total. The van der Waals surface area contributed by atoms with Crippen LogP contribution in [0.15, 0.2) is 29.2 Å². The Hall–Kier alpha value is -0.910. The van der Waals surface area contributed by atoms with Gasteiger partial charge in [0.2, 0.25) is 10.0 Å². The molecule has 0 saturated heterocycles. The molecule has 1 aromatic rings. The Morgan fingerprint density at radius 2 is 1.80 bits per heavy atom. The lowest BCUT2D eigenvalue weighted by Gasteiger charge is -2.29. The van der Waals surface area contributed by atoms with Crippen LogP contribution in [0.25, 0.3) is 0 Å². The highest BCUT2D eigenvalue weighted by molar-refractivity contribution is 7.89. The molecule has 1 fully saturated rings. The smallest absolute Gasteiger partial charge is 0.240 e. The Bertz CT molecular complexity index is 537. The highest BCUT2D eigenvalue weighted by Crippen LogP contribution is 2.25. The van der Waals surface area contributed by atoms with Crippen molar-refractivity contribution in [2.24, 2.45) is 5.92 Å². The average Bonchev–Trinajstić information content (AvgIpc) is 2.41. The first kappa shape index (κ1) is 15.5. The molecule has 112 valence electrons. The van der Waals surface area contributed by atoms with Crippen LogP contribution in [-0.4, -0.2) is 19.6 Å². The van der Waals surface area contributed by atoms with Crippen molar-refractivity contribution in [1.29, 1.82) is 0 Å². The van der Waals surface area contributed by atoms with Crippen molar-refractivity contribution in [3.8, 4) is 0 Å². The van der Waals surface area contributed by atoms with Gasteiger partial charge in [0.1, 0.15) is 0 Å². The fraction of sp³-hybridized carbons (Fsp3) is 0.600. The van der Waals surface area contributed by atoms with E-state index in [9.17, 15) is 13.5 Å². The topological polar surface area (TPSA) is 66.4 Å². The monoisotopic (exact) mass is 297 g/mol. The van der Waals surface area contributed by atoms with E-state index in [4.69, 9.17) is 0 Å². The van der Waals surface area contributed by atoms with Gasteiger partial charge in [0.25, 0.3) is 0 Å². The second-order valence-corrected chi connectivity index (χ2v) is 7.45. The van der Waals surface area contributed by atoms with E-state index in [0.29, 0.717) is 5.92 Å². The number of sulfonamides is 1. The zero-order valence-corrected chi connectivity index (χ0v) is 12.9. The highest BCUT2D eigenvalue weighted by Gasteiger charge is 2.26. The van der Waals surface area contributed by atoms with Crippen LogP contribution in [0.3, 0.4) is 0 Å². The lowest BCUT2D eigenvalue weighted by Crippen LogP contribution is -2.40. The largest absolute Gasteiger partial charge is 0.389 e. The zero-order valence-electron chi connectivity index (χ0n) is 12.0. The molecule has 1 aliphatic rings. The molecule has 3 unspecified atom stereocenters. The molecule has 0 heterocycles. The molecule has 0 aromatic heterocycles. The molecule has 2 rings (SSSR count). The predicted molar refractivity (Wildman–Crippen MR) is 78.8 cm³/mol. The maximum atomic E-state index is 12.4. The molecule has 1 saturated carbocycles. The van der Waals surface area contributed by atoms with Gasteiger partial charge in [0.05, 0.1) is 11.0 Å². The molecular formula is C15H23NO3S. The maximum Gasteiger partial charge on any atom is 0.240 e. The summed E-state index contributed by atoms with van der Waals surface area (Å²) in [5, 5.41) is 9.45. The van der Waals surface area contributed by atoms with Gasteiger partial charge in [0.15, 0.2) is 0 Å². The van der Waals surface area contributed by atoms with Crippen LogP contribution in [-0.2, 0) is 10.0 Å². The summed E-state index contributed by atoms with van der Waals surface area (Å²) in [6, 6.07) is 6.45. The van der Waals surface area contributed by atoms with Crippen LogP contribution in [0.4, 0.5) is 0 Å². The lowest BCUT2D eigenvalue weighted by molar-refractivity contribution is 0.199.